The van der Waals surface area contributed by atoms with E-state index in [1.54, 1.807) is 0 Å². The molecule has 0 saturated carbocycles. The second-order valence-electron chi connectivity index (χ2n) is 2.78. The second kappa shape index (κ2) is 3.69. The smallest absolute Gasteiger partial charge is 0.265 e. The lowest BCUT2D eigenvalue weighted by Gasteiger charge is -2.08. The average Bonchev–Trinajstić information content (AvgIpc) is 2.02. The zero-order valence-corrected chi connectivity index (χ0v) is 7.35. The van der Waals surface area contributed by atoms with E-state index in [1.807, 2.05) is 0 Å². The molecule has 0 amide bonds. The summed E-state index contributed by atoms with van der Waals surface area (Å²) >= 11 is 0. The molecule has 0 heterocycles. The van der Waals surface area contributed by atoms with Crippen molar-refractivity contribution in [3.8, 4) is 0 Å². The van der Waals surface area contributed by atoms with Crippen LogP contribution in [-0.2, 0) is 0 Å². The normalized spacial score (nSPS) is 10.6. The molecule has 0 bridgehead atoms. The number of benzene rings is 1. The number of halogens is 3. The molecule has 5 heteroatoms. The van der Waals surface area contributed by atoms with Crippen LogP contribution in [0.25, 0.3) is 0 Å². The standard InChI is InChI=1S/C9H8F3NO/c1-4(14)7-6(10)3-2-5(8(7)13)9(11)12/h2-3,9H,13H2,1H3. The summed E-state index contributed by atoms with van der Waals surface area (Å²) in [5.41, 5.74) is 3.78. The highest BCUT2D eigenvalue weighted by molar-refractivity contribution is 6.00. The number of carbonyl (C=O) groups excluding carboxylic acids is 1. The summed E-state index contributed by atoms with van der Waals surface area (Å²) in [6.45, 7) is 1.07. The molecule has 0 spiro atoms. The second-order valence-corrected chi connectivity index (χ2v) is 2.78. The molecule has 0 fully saturated rings. The third-order valence-corrected chi connectivity index (χ3v) is 1.82. The summed E-state index contributed by atoms with van der Waals surface area (Å²) in [6, 6.07) is 1.69. The van der Waals surface area contributed by atoms with Crippen LogP contribution >= 0.6 is 0 Å². The van der Waals surface area contributed by atoms with Crippen molar-refractivity contribution >= 4 is 11.5 Å². The fraction of sp³-hybridized carbons (Fsp3) is 0.222. The molecule has 0 atom stereocenters. The molecule has 14 heavy (non-hydrogen) atoms. The summed E-state index contributed by atoms with van der Waals surface area (Å²) < 4.78 is 37.6. The van der Waals surface area contributed by atoms with Crippen LogP contribution in [0.3, 0.4) is 0 Å². The third kappa shape index (κ3) is 1.71. The Kier molecular flexibility index (Phi) is 2.78. The first-order chi connectivity index (χ1) is 6.45. The highest BCUT2D eigenvalue weighted by Crippen LogP contribution is 2.29. The number of hydrogen-bond acceptors (Lipinski definition) is 2. The fourth-order valence-electron chi connectivity index (χ4n) is 1.16. The Bertz CT molecular complexity index is 377. The van der Waals surface area contributed by atoms with Crippen molar-refractivity contribution in [1.82, 2.24) is 0 Å². The summed E-state index contributed by atoms with van der Waals surface area (Å²) in [5, 5.41) is 0. The van der Waals surface area contributed by atoms with Gasteiger partial charge in [-0.15, -0.1) is 0 Å². The molecule has 0 aliphatic carbocycles. The van der Waals surface area contributed by atoms with E-state index >= 15 is 0 Å². The lowest BCUT2D eigenvalue weighted by atomic mass is 10.0. The topological polar surface area (TPSA) is 43.1 Å². The molecule has 0 saturated heterocycles. The van der Waals surface area contributed by atoms with Gasteiger partial charge in [0.2, 0.25) is 0 Å². The van der Waals surface area contributed by atoms with Crippen molar-refractivity contribution in [2.75, 3.05) is 5.73 Å². The van der Waals surface area contributed by atoms with Crippen LogP contribution in [0, 0.1) is 5.82 Å². The van der Waals surface area contributed by atoms with Crippen LogP contribution in [-0.4, -0.2) is 5.78 Å². The van der Waals surface area contributed by atoms with E-state index in [0.29, 0.717) is 0 Å². The van der Waals surface area contributed by atoms with E-state index in [-0.39, 0.29) is 0 Å². The highest BCUT2D eigenvalue weighted by atomic mass is 19.3. The molecule has 0 radical (unpaired) electrons. The van der Waals surface area contributed by atoms with Crippen LogP contribution in [0.15, 0.2) is 12.1 Å². The number of nitrogen functional groups attached to an aromatic ring is 1. The molecular weight excluding hydrogens is 195 g/mol. The minimum absolute atomic E-state index is 0.470. The quantitative estimate of drug-likeness (QED) is 0.592. The molecule has 0 unspecified atom stereocenters. The van der Waals surface area contributed by atoms with E-state index in [2.05, 4.69) is 0 Å². The van der Waals surface area contributed by atoms with Crippen LogP contribution < -0.4 is 5.73 Å². The number of alkyl halides is 2. The van der Waals surface area contributed by atoms with E-state index in [4.69, 9.17) is 5.73 Å². The molecule has 2 nitrogen and oxygen atoms in total. The fourth-order valence-corrected chi connectivity index (χ4v) is 1.16. The summed E-state index contributed by atoms with van der Waals surface area (Å²) in [4.78, 5) is 10.9. The molecule has 0 aliphatic rings. The maximum absolute atomic E-state index is 13.0. The van der Waals surface area contributed by atoms with Crippen LogP contribution in [0.5, 0.6) is 0 Å². The number of anilines is 1. The van der Waals surface area contributed by atoms with E-state index in [9.17, 15) is 18.0 Å². The lowest BCUT2D eigenvalue weighted by molar-refractivity contribution is 0.101. The van der Waals surface area contributed by atoms with Gasteiger partial charge in [-0.3, -0.25) is 4.79 Å². The summed E-state index contributed by atoms with van der Waals surface area (Å²) in [7, 11) is 0. The van der Waals surface area contributed by atoms with Gasteiger partial charge in [0.25, 0.3) is 6.43 Å². The Morgan fingerprint density at radius 3 is 2.43 bits per heavy atom. The molecule has 0 aromatic heterocycles. The van der Waals surface area contributed by atoms with Crippen LogP contribution in [0.4, 0.5) is 18.9 Å². The number of ketones is 1. The zero-order valence-electron chi connectivity index (χ0n) is 7.35. The Hall–Kier alpha value is -1.52. The maximum atomic E-state index is 13.0. The van der Waals surface area contributed by atoms with E-state index in [1.165, 1.54) is 0 Å². The van der Waals surface area contributed by atoms with Gasteiger partial charge in [0.05, 0.1) is 11.3 Å². The number of rotatable bonds is 2. The van der Waals surface area contributed by atoms with Crippen molar-refractivity contribution in [3.63, 3.8) is 0 Å². The number of Topliss-reactive ketones (excluding diaryl/α,β-unsaturated/α-hetero) is 1. The molecule has 1 rings (SSSR count). The maximum Gasteiger partial charge on any atom is 0.265 e. The largest absolute Gasteiger partial charge is 0.398 e. The Morgan fingerprint density at radius 2 is 2.00 bits per heavy atom. The first-order valence-corrected chi connectivity index (χ1v) is 3.82. The SMILES string of the molecule is CC(=O)c1c(F)ccc(C(F)F)c1N. The van der Waals surface area contributed by atoms with Crippen molar-refractivity contribution < 1.29 is 18.0 Å². The zero-order chi connectivity index (χ0) is 10.9. The average molecular weight is 203 g/mol. The Morgan fingerprint density at radius 1 is 1.43 bits per heavy atom. The van der Waals surface area contributed by atoms with Crippen molar-refractivity contribution in [3.05, 3.63) is 29.1 Å². The van der Waals surface area contributed by atoms with E-state index < -0.39 is 34.8 Å². The molecule has 1 aromatic carbocycles. The minimum atomic E-state index is -2.81. The van der Waals surface area contributed by atoms with Gasteiger partial charge in [0.1, 0.15) is 5.82 Å². The third-order valence-electron chi connectivity index (χ3n) is 1.82. The number of nitrogens with two attached hydrogens (primary N) is 1. The first kappa shape index (κ1) is 10.6. The van der Waals surface area contributed by atoms with Gasteiger partial charge in [-0.1, -0.05) is 0 Å². The van der Waals surface area contributed by atoms with Crippen molar-refractivity contribution in [2.24, 2.45) is 0 Å². The predicted octanol–water partition coefficient (Wildman–Crippen LogP) is 2.55. The molecule has 76 valence electrons. The van der Waals surface area contributed by atoms with Crippen molar-refractivity contribution in [2.45, 2.75) is 13.3 Å². The number of carbonyl (C=O) groups is 1. The van der Waals surface area contributed by atoms with Gasteiger partial charge in [-0.05, 0) is 19.1 Å². The first-order valence-electron chi connectivity index (χ1n) is 3.82. The Labute approximate surface area is 78.5 Å². The van der Waals surface area contributed by atoms with Gasteiger partial charge in [0, 0.05) is 5.56 Å². The van der Waals surface area contributed by atoms with Crippen LogP contribution in [0.1, 0.15) is 29.3 Å². The molecular formula is C9H8F3NO. The van der Waals surface area contributed by atoms with Crippen molar-refractivity contribution in [1.29, 1.82) is 0 Å². The highest BCUT2D eigenvalue weighted by Gasteiger charge is 2.19. The lowest BCUT2D eigenvalue weighted by Crippen LogP contribution is -2.06. The molecule has 1 aromatic rings. The van der Waals surface area contributed by atoms with Crippen LogP contribution in [0.2, 0.25) is 0 Å². The van der Waals surface area contributed by atoms with Gasteiger partial charge >= 0.3 is 0 Å². The Balaban J connectivity index is 3.41. The van der Waals surface area contributed by atoms with Gasteiger partial charge in [-0.25, -0.2) is 13.2 Å². The minimum Gasteiger partial charge on any atom is -0.398 e. The monoisotopic (exact) mass is 203 g/mol. The molecule has 0 aliphatic heterocycles. The number of hydrogen-bond donors (Lipinski definition) is 1. The predicted molar refractivity (Wildman–Crippen MR) is 45.8 cm³/mol. The van der Waals surface area contributed by atoms with Gasteiger partial charge in [0.15, 0.2) is 5.78 Å². The summed E-state index contributed by atoms with van der Waals surface area (Å²) in [6.07, 6.45) is -2.81. The summed E-state index contributed by atoms with van der Waals surface area (Å²) in [5.74, 6) is -1.54. The molecule has 2 N–H and O–H groups in total. The van der Waals surface area contributed by atoms with E-state index in [0.717, 1.165) is 19.1 Å². The van der Waals surface area contributed by atoms with Gasteiger partial charge < -0.3 is 5.73 Å². The van der Waals surface area contributed by atoms with Gasteiger partial charge in [-0.2, -0.15) is 0 Å².